The number of aromatic nitrogens is 3. The number of hydrogen-bond acceptors (Lipinski definition) is 4. The molecule has 1 fully saturated rings. The van der Waals surface area contributed by atoms with E-state index in [9.17, 15) is 0 Å². The zero-order valence-electron chi connectivity index (χ0n) is 8.39. The first-order valence-corrected chi connectivity index (χ1v) is 4.99. The topological polar surface area (TPSA) is 66.0 Å². The summed E-state index contributed by atoms with van der Waals surface area (Å²) in [5, 5.41) is 7.79. The molecule has 2 unspecified atom stereocenters. The molecule has 78 valence electrons. The van der Waals surface area contributed by atoms with E-state index in [1.807, 2.05) is 4.68 Å². The Hall–Kier alpha value is -1.10. The molecule has 2 atom stereocenters. The summed E-state index contributed by atoms with van der Waals surface area (Å²) in [6, 6.07) is 0.401. The molecule has 1 heterocycles. The zero-order valence-corrected chi connectivity index (χ0v) is 8.39. The number of anilines is 1. The Labute approximate surface area is 83.2 Å². The molecule has 14 heavy (non-hydrogen) atoms. The molecule has 1 aliphatic carbocycles. The smallest absolute Gasteiger partial charge is 0.165 e. The Balaban J connectivity index is 2.04. The van der Waals surface area contributed by atoms with Gasteiger partial charge in [0.2, 0.25) is 0 Å². The summed E-state index contributed by atoms with van der Waals surface area (Å²) in [6.07, 6.45) is 6.64. The van der Waals surface area contributed by atoms with E-state index in [1.54, 1.807) is 13.3 Å². The Morgan fingerprint density at radius 2 is 2.43 bits per heavy atom. The SMILES string of the molecule is COC1CCCC(n2cc(N)nn2)C1. The lowest BCUT2D eigenvalue weighted by atomic mass is 9.93. The maximum Gasteiger partial charge on any atom is 0.165 e. The lowest BCUT2D eigenvalue weighted by Gasteiger charge is -2.27. The highest BCUT2D eigenvalue weighted by atomic mass is 16.5. The maximum absolute atomic E-state index is 5.53. The van der Waals surface area contributed by atoms with Crippen LogP contribution in [0.4, 0.5) is 5.82 Å². The Bertz CT molecular complexity index is 299. The second kappa shape index (κ2) is 3.96. The third kappa shape index (κ3) is 1.87. The van der Waals surface area contributed by atoms with Gasteiger partial charge in [0.1, 0.15) is 0 Å². The van der Waals surface area contributed by atoms with Gasteiger partial charge >= 0.3 is 0 Å². The predicted molar refractivity (Wildman–Crippen MR) is 52.7 cm³/mol. The predicted octanol–water partition coefficient (Wildman–Crippen LogP) is 0.990. The number of nitrogen functional groups attached to an aromatic ring is 1. The molecule has 1 aromatic heterocycles. The summed E-state index contributed by atoms with van der Waals surface area (Å²) in [5.41, 5.74) is 5.53. The molecule has 1 saturated carbocycles. The van der Waals surface area contributed by atoms with Gasteiger partial charge in [0.05, 0.1) is 18.3 Å². The first-order chi connectivity index (χ1) is 6.79. The van der Waals surface area contributed by atoms with E-state index >= 15 is 0 Å². The molecule has 2 rings (SSSR count). The summed E-state index contributed by atoms with van der Waals surface area (Å²) in [5.74, 6) is 0.490. The van der Waals surface area contributed by atoms with Crippen molar-refractivity contribution >= 4 is 5.82 Å². The van der Waals surface area contributed by atoms with E-state index in [4.69, 9.17) is 10.5 Å². The fraction of sp³-hybridized carbons (Fsp3) is 0.778. The summed E-state index contributed by atoms with van der Waals surface area (Å²) >= 11 is 0. The highest BCUT2D eigenvalue weighted by Crippen LogP contribution is 2.29. The van der Waals surface area contributed by atoms with Gasteiger partial charge in [-0.2, -0.15) is 0 Å². The first-order valence-electron chi connectivity index (χ1n) is 4.99. The van der Waals surface area contributed by atoms with Gasteiger partial charge in [0.15, 0.2) is 5.82 Å². The lowest BCUT2D eigenvalue weighted by molar-refractivity contribution is 0.0504. The molecule has 1 aromatic rings. The molecule has 5 heteroatoms. The second-order valence-electron chi connectivity index (χ2n) is 3.80. The molecule has 0 saturated heterocycles. The highest BCUT2D eigenvalue weighted by molar-refractivity contribution is 5.20. The van der Waals surface area contributed by atoms with Gasteiger partial charge in [-0.25, -0.2) is 4.68 Å². The summed E-state index contributed by atoms with van der Waals surface area (Å²) in [4.78, 5) is 0. The van der Waals surface area contributed by atoms with E-state index in [2.05, 4.69) is 10.3 Å². The summed E-state index contributed by atoms with van der Waals surface area (Å²) in [6.45, 7) is 0. The van der Waals surface area contributed by atoms with Crippen LogP contribution in [-0.4, -0.2) is 28.2 Å². The van der Waals surface area contributed by atoms with Crippen LogP contribution in [0, 0.1) is 0 Å². The molecule has 0 aliphatic heterocycles. The Morgan fingerprint density at radius 1 is 1.57 bits per heavy atom. The first kappa shape index (κ1) is 9.45. The number of nitrogens with zero attached hydrogens (tertiary/aromatic N) is 3. The number of hydrogen-bond donors (Lipinski definition) is 1. The van der Waals surface area contributed by atoms with Crippen LogP contribution in [0.1, 0.15) is 31.7 Å². The van der Waals surface area contributed by atoms with Crippen molar-refractivity contribution in [2.75, 3.05) is 12.8 Å². The summed E-state index contributed by atoms with van der Waals surface area (Å²) < 4.78 is 7.22. The van der Waals surface area contributed by atoms with Crippen LogP contribution in [0.2, 0.25) is 0 Å². The van der Waals surface area contributed by atoms with Crippen LogP contribution in [0.15, 0.2) is 6.20 Å². The highest BCUT2D eigenvalue weighted by Gasteiger charge is 2.23. The van der Waals surface area contributed by atoms with Crippen molar-refractivity contribution in [3.8, 4) is 0 Å². The van der Waals surface area contributed by atoms with Crippen LogP contribution in [-0.2, 0) is 4.74 Å². The van der Waals surface area contributed by atoms with Gasteiger partial charge in [-0.1, -0.05) is 5.21 Å². The number of nitrogens with two attached hydrogens (primary N) is 1. The fourth-order valence-electron chi connectivity index (χ4n) is 2.04. The third-order valence-electron chi connectivity index (χ3n) is 2.83. The van der Waals surface area contributed by atoms with Crippen LogP contribution in [0.25, 0.3) is 0 Å². The quantitative estimate of drug-likeness (QED) is 0.766. The minimum Gasteiger partial charge on any atom is -0.381 e. The maximum atomic E-state index is 5.53. The van der Waals surface area contributed by atoms with Crippen molar-refractivity contribution in [3.63, 3.8) is 0 Å². The van der Waals surface area contributed by atoms with Gasteiger partial charge in [-0.3, -0.25) is 0 Å². The second-order valence-corrected chi connectivity index (χ2v) is 3.80. The largest absolute Gasteiger partial charge is 0.381 e. The van der Waals surface area contributed by atoms with Gasteiger partial charge in [-0.15, -0.1) is 5.10 Å². The standard InChI is InChI=1S/C9H16N4O/c1-14-8-4-2-3-7(5-8)13-6-9(10)11-12-13/h6-8H,2-5,10H2,1H3. The monoisotopic (exact) mass is 196 g/mol. The number of methoxy groups -OCH3 is 1. The van der Waals surface area contributed by atoms with E-state index in [0.717, 1.165) is 19.3 Å². The van der Waals surface area contributed by atoms with Gasteiger partial charge in [0.25, 0.3) is 0 Å². The van der Waals surface area contributed by atoms with Crippen molar-refractivity contribution in [1.29, 1.82) is 0 Å². The molecule has 0 spiro atoms. The van der Waals surface area contributed by atoms with Gasteiger partial charge in [0, 0.05) is 7.11 Å². The summed E-state index contributed by atoms with van der Waals surface area (Å²) in [7, 11) is 1.77. The van der Waals surface area contributed by atoms with Gasteiger partial charge in [-0.05, 0) is 25.7 Å². The van der Waals surface area contributed by atoms with E-state index in [1.165, 1.54) is 6.42 Å². The fourth-order valence-corrected chi connectivity index (χ4v) is 2.04. The van der Waals surface area contributed by atoms with Crippen molar-refractivity contribution in [2.24, 2.45) is 0 Å². The van der Waals surface area contributed by atoms with Gasteiger partial charge < -0.3 is 10.5 Å². The van der Waals surface area contributed by atoms with Crippen LogP contribution in [0.3, 0.4) is 0 Å². The van der Waals surface area contributed by atoms with Crippen molar-refractivity contribution in [3.05, 3.63) is 6.20 Å². The van der Waals surface area contributed by atoms with Crippen molar-refractivity contribution in [2.45, 2.75) is 37.8 Å². The minimum absolute atomic E-state index is 0.360. The Kier molecular flexibility index (Phi) is 2.67. The normalized spacial score (nSPS) is 27.8. The van der Waals surface area contributed by atoms with E-state index in [0.29, 0.717) is 18.0 Å². The molecule has 0 bridgehead atoms. The molecule has 5 nitrogen and oxygen atoms in total. The molecular weight excluding hydrogens is 180 g/mol. The molecule has 2 N–H and O–H groups in total. The number of rotatable bonds is 2. The molecule has 0 amide bonds. The third-order valence-corrected chi connectivity index (χ3v) is 2.83. The molecule has 1 aliphatic rings. The zero-order chi connectivity index (χ0) is 9.97. The van der Waals surface area contributed by atoms with E-state index < -0.39 is 0 Å². The molecule has 0 aromatic carbocycles. The van der Waals surface area contributed by atoms with Crippen molar-refractivity contribution in [1.82, 2.24) is 15.0 Å². The average molecular weight is 196 g/mol. The van der Waals surface area contributed by atoms with Crippen LogP contribution < -0.4 is 5.73 Å². The molecular formula is C9H16N4O. The van der Waals surface area contributed by atoms with Crippen molar-refractivity contribution < 1.29 is 4.74 Å². The minimum atomic E-state index is 0.360. The van der Waals surface area contributed by atoms with Crippen LogP contribution >= 0.6 is 0 Å². The number of ether oxygens (including phenoxy) is 1. The average Bonchev–Trinajstić information content (AvgIpc) is 2.65. The Morgan fingerprint density at radius 3 is 3.07 bits per heavy atom. The lowest BCUT2D eigenvalue weighted by Crippen LogP contribution is -2.24. The molecule has 0 radical (unpaired) electrons. The van der Waals surface area contributed by atoms with E-state index in [-0.39, 0.29) is 0 Å². The van der Waals surface area contributed by atoms with Crippen LogP contribution in [0.5, 0.6) is 0 Å².